The fraction of sp³-hybridized carbons (Fsp3) is 0.722. The summed E-state index contributed by atoms with van der Waals surface area (Å²) >= 11 is 0. The van der Waals surface area contributed by atoms with Crippen LogP contribution in [-0.4, -0.2) is 36.5 Å². The van der Waals surface area contributed by atoms with Gasteiger partial charge in [-0.15, -0.1) is 0 Å². The molecule has 1 saturated heterocycles. The standard InChI is InChI=1S/C18H30N4O/c19-18(21-15-8-3-1-2-4-9-15)20-14-16(17-10-7-13-23-17)22-11-5-6-12-22/h7,10,13,15-16H,1-6,8-9,11-12,14H2,(H3,19,20,21). The lowest BCUT2D eigenvalue weighted by Gasteiger charge is -2.24. The van der Waals surface area contributed by atoms with Crippen LogP contribution < -0.4 is 11.1 Å². The molecule has 5 nitrogen and oxygen atoms in total. The van der Waals surface area contributed by atoms with Crippen molar-refractivity contribution in [2.75, 3.05) is 19.6 Å². The van der Waals surface area contributed by atoms with E-state index in [1.165, 1.54) is 51.4 Å². The first-order valence-electron chi connectivity index (χ1n) is 9.17. The number of likely N-dealkylation sites (tertiary alicyclic amines) is 1. The molecule has 5 heteroatoms. The summed E-state index contributed by atoms with van der Waals surface area (Å²) in [7, 11) is 0. The third-order valence-electron chi connectivity index (χ3n) is 5.09. The highest BCUT2D eigenvalue weighted by Gasteiger charge is 2.25. The van der Waals surface area contributed by atoms with Crippen LogP contribution in [0.15, 0.2) is 27.8 Å². The van der Waals surface area contributed by atoms with Gasteiger partial charge in [0.15, 0.2) is 5.96 Å². The molecule has 1 saturated carbocycles. The molecule has 0 spiro atoms. The maximum absolute atomic E-state index is 6.15. The predicted octanol–water partition coefficient (Wildman–Crippen LogP) is 3.04. The Bertz CT molecular complexity index is 471. The maximum Gasteiger partial charge on any atom is 0.188 e. The van der Waals surface area contributed by atoms with E-state index < -0.39 is 0 Å². The van der Waals surface area contributed by atoms with Gasteiger partial charge >= 0.3 is 0 Å². The van der Waals surface area contributed by atoms with Gasteiger partial charge in [0.1, 0.15) is 5.76 Å². The summed E-state index contributed by atoms with van der Waals surface area (Å²) < 4.78 is 5.63. The lowest BCUT2D eigenvalue weighted by Crippen LogP contribution is -2.40. The van der Waals surface area contributed by atoms with Crippen molar-refractivity contribution in [1.82, 2.24) is 10.2 Å². The van der Waals surface area contributed by atoms with Gasteiger partial charge in [-0.25, -0.2) is 0 Å². The SMILES string of the molecule is NC(=NCC(c1ccco1)N1CCCC1)NC1CCCCCC1. The Morgan fingerprint density at radius 3 is 2.61 bits per heavy atom. The van der Waals surface area contributed by atoms with E-state index in [0.717, 1.165) is 18.8 Å². The Kier molecular flexibility index (Phi) is 5.97. The lowest BCUT2D eigenvalue weighted by molar-refractivity contribution is 0.221. The molecule has 3 N–H and O–H groups in total. The molecule has 23 heavy (non-hydrogen) atoms. The molecule has 0 amide bonds. The topological polar surface area (TPSA) is 66.8 Å². The molecule has 128 valence electrons. The Balaban J connectivity index is 1.58. The average molecular weight is 318 g/mol. The number of furan rings is 1. The molecule has 2 heterocycles. The van der Waals surface area contributed by atoms with Crippen molar-refractivity contribution in [2.45, 2.75) is 63.5 Å². The van der Waals surface area contributed by atoms with Crippen molar-refractivity contribution < 1.29 is 4.42 Å². The van der Waals surface area contributed by atoms with Crippen LogP contribution in [0.5, 0.6) is 0 Å². The van der Waals surface area contributed by atoms with E-state index in [0.29, 0.717) is 18.5 Å². The van der Waals surface area contributed by atoms with Gasteiger partial charge in [0.05, 0.1) is 18.8 Å². The highest BCUT2D eigenvalue weighted by atomic mass is 16.3. The zero-order chi connectivity index (χ0) is 15.9. The van der Waals surface area contributed by atoms with Crippen molar-refractivity contribution in [2.24, 2.45) is 10.7 Å². The molecule has 1 aliphatic heterocycles. The van der Waals surface area contributed by atoms with E-state index in [1.807, 2.05) is 12.1 Å². The highest BCUT2D eigenvalue weighted by molar-refractivity contribution is 5.78. The van der Waals surface area contributed by atoms with Crippen LogP contribution in [0.4, 0.5) is 0 Å². The fourth-order valence-corrected chi connectivity index (χ4v) is 3.78. The molecule has 1 aliphatic carbocycles. The molecule has 1 aromatic rings. The molecule has 2 aliphatic rings. The number of rotatable bonds is 5. The minimum atomic E-state index is 0.210. The minimum absolute atomic E-state index is 0.210. The first-order chi connectivity index (χ1) is 11.3. The molecular weight excluding hydrogens is 288 g/mol. The Morgan fingerprint density at radius 2 is 1.96 bits per heavy atom. The second-order valence-corrected chi connectivity index (χ2v) is 6.83. The summed E-state index contributed by atoms with van der Waals surface area (Å²) in [5.74, 6) is 1.59. The van der Waals surface area contributed by atoms with Gasteiger partial charge in [0.2, 0.25) is 0 Å². The number of nitrogens with zero attached hydrogens (tertiary/aromatic N) is 2. The average Bonchev–Trinajstić information content (AvgIpc) is 3.20. The molecule has 3 rings (SSSR count). The van der Waals surface area contributed by atoms with Crippen molar-refractivity contribution in [3.63, 3.8) is 0 Å². The van der Waals surface area contributed by atoms with Crippen molar-refractivity contribution >= 4 is 5.96 Å². The number of nitrogens with one attached hydrogen (secondary N) is 1. The van der Waals surface area contributed by atoms with E-state index in [9.17, 15) is 0 Å². The van der Waals surface area contributed by atoms with Gasteiger partial charge in [-0.3, -0.25) is 9.89 Å². The largest absolute Gasteiger partial charge is 0.468 e. The Morgan fingerprint density at radius 1 is 1.22 bits per heavy atom. The van der Waals surface area contributed by atoms with Crippen LogP contribution in [0.2, 0.25) is 0 Å². The number of hydrogen-bond donors (Lipinski definition) is 2. The van der Waals surface area contributed by atoms with Gasteiger partial charge in [-0.05, 0) is 50.9 Å². The number of aliphatic imine (C=N–C) groups is 1. The quantitative estimate of drug-likeness (QED) is 0.497. The normalized spacial score (nSPS) is 22.9. The number of guanidine groups is 1. The molecule has 1 atom stereocenters. The Labute approximate surface area is 139 Å². The second-order valence-electron chi connectivity index (χ2n) is 6.83. The molecule has 0 bridgehead atoms. The van der Waals surface area contributed by atoms with Crippen molar-refractivity contribution in [1.29, 1.82) is 0 Å². The van der Waals surface area contributed by atoms with Gasteiger partial charge in [0.25, 0.3) is 0 Å². The molecule has 1 unspecified atom stereocenters. The first kappa shape index (κ1) is 16.4. The van der Waals surface area contributed by atoms with Gasteiger partial charge in [0, 0.05) is 6.04 Å². The summed E-state index contributed by atoms with van der Waals surface area (Å²) in [5, 5.41) is 3.43. The molecule has 2 fully saturated rings. The third kappa shape index (κ3) is 4.74. The van der Waals surface area contributed by atoms with E-state index in [-0.39, 0.29) is 6.04 Å². The van der Waals surface area contributed by atoms with E-state index in [2.05, 4.69) is 15.2 Å². The molecule has 0 radical (unpaired) electrons. The molecular formula is C18H30N4O. The van der Waals surface area contributed by atoms with Crippen LogP contribution in [0.3, 0.4) is 0 Å². The smallest absolute Gasteiger partial charge is 0.188 e. The second kappa shape index (κ2) is 8.39. The van der Waals surface area contributed by atoms with E-state index >= 15 is 0 Å². The maximum atomic E-state index is 6.15. The summed E-state index contributed by atoms with van der Waals surface area (Å²) in [4.78, 5) is 7.09. The molecule has 0 aromatic carbocycles. The lowest BCUT2D eigenvalue weighted by atomic mass is 10.1. The zero-order valence-corrected chi connectivity index (χ0v) is 14.0. The Hall–Kier alpha value is -1.49. The van der Waals surface area contributed by atoms with Crippen LogP contribution >= 0.6 is 0 Å². The molecule has 1 aromatic heterocycles. The van der Waals surface area contributed by atoms with E-state index in [4.69, 9.17) is 10.2 Å². The summed E-state index contributed by atoms with van der Waals surface area (Å²) in [5.41, 5.74) is 6.15. The van der Waals surface area contributed by atoms with Crippen molar-refractivity contribution in [3.05, 3.63) is 24.2 Å². The fourth-order valence-electron chi connectivity index (χ4n) is 3.78. The van der Waals surface area contributed by atoms with Gasteiger partial charge in [-0.1, -0.05) is 25.7 Å². The number of nitrogens with two attached hydrogens (primary N) is 1. The summed E-state index contributed by atoms with van der Waals surface area (Å²) in [6, 6.07) is 4.71. The van der Waals surface area contributed by atoms with Crippen molar-refractivity contribution in [3.8, 4) is 0 Å². The highest BCUT2D eigenvalue weighted by Crippen LogP contribution is 2.25. The van der Waals surface area contributed by atoms with Gasteiger partial charge in [-0.2, -0.15) is 0 Å². The minimum Gasteiger partial charge on any atom is -0.468 e. The van der Waals surface area contributed by atoms with Gasteiger partial charge < -0.3 is 15.5 Å². The summed E-state index contributed by atoms with van der Waals surface area (Å²) in [6.07, 6.45) is 12.0. The zero-order valence-electron chi connectivity index (χ0n) is 14.0. The van der Waals surface area contributed by atoms with Crippen LogP contribution in [0, 0.1) is 0 Å². The van der Waals surface area contributed by atoms with Crippen LogP contribution in [0.25, 0.3) is 0 Å². The number of hydrogen-bond acceptors (Lipinski definition) is 3. The van der Waals surface area contributed by atoms with E-state index in [1.54, 1.807) is 6.26 Å². The van der Waals surface area contributed by atoms with Crippen LogP contribution in [0.1, 0.15) is 63.2 Å². The summed E-state index contributed by atoms with van der Waals surface area (Å²) in [6.45, 7) is 2.91. The predicted molar refractivity (Wildman–Crippen MR) is 93.4 cm³/mol. The van der Waals surface area contributed by atoms with Crippen LogP contribution in [-0.2, 0) is 0 Å². The monoisotopic (exact) mass is 318 g/mol. The third-order valence-corrected chi connectivity index (χ3v) is 5.09. The first-order valence-corrected chi connectivity index (χ1v) is 9.17.